The predicted molar refractivity (Wildman–Crippen MR) is 390 cm³/mol. The summed E-state index contributed by atoms with van der Waals surface area (Å²) in [5, 5.41) is 4.64. The van der Waals surface area contributed by atoms with Crippen LogP contribution in [0.3, 0.4) is 0 Å². The summed E-state index contributed by atoms with van der Waals surface area (Å²) < 4.78 is 15.7. The first-order valence-corrected chi connectivity index (χ1v) is 32.5. The molecule has 0 aliphatic carbocycles. The molecule has 0 spiro atoms. The van der Waals surface area contributed by atoms with Crippen LogP contribution in [0.15, 0.2) is 227 Å². The monoisotopic (exact) mass is 1190 g/mol. The largest absolute Gasteiger partial charge is 0.456 e. The number of hydrogen-bond donors (Lipinski definition) is 0. The van der Waals surface area contributed by atoms with Gasteiger partial charge in [-0.1, -0.05) is 151 Å². The Hall–Kier alpha value is -10.2. The predicted octanol–water partition coefficient (Wildman–Crippen LogP) is 21.9. The van der Waals surface area contributed by atoms with E-state index in [-0.39, 0.29) is 17.5 Å². The highest BCUT2D eigenvalue weighted by Gasteiger charge is 2.45. The number of nitrogens with zero attached hydrogens (tertiary/aromatic N) is 4. The van der Waals surface area contributed by atoms with Crippen LogP contribution >= 0.6 is 0 Å². The van der Waals surface area contributed by atoms with Gasteiger partial charge in [0.05, 0.1) is 16.7 Å². The van der Waals surface area contributed by atoms with Crippen LogP contribution in [0.5, 0.6) is 0 Å². The van der Waals surface area contributed by atoms with Crippen molar-refractivity contribution in [1.82, 2.24) is 4.57 Å². The minimum atomic E-state index is -0.115. The summed E-state index contributed by atoms with van der Waals surface area (Å²) in [5.41, 5.74) is 32.2. The third kappa shape index (κ3) is 9.06. The first kappa shape index (κ1) is 57.0. The van der Waals surface area contributed by atoms with Crippen molar-refractivity contribution in [2.24, 2.45) is 0 Å². The maximum absolute atomic E-state index is 6.68. The van der Waals surface area contributed by atoms with Gasteiger partial charge in [-0.3, -0.25) is 0 Å². The van der Waals surface area contributed by atoms with Gasteiger partial charge in [0, 0.05) is 83.9 Å². The second-order valence-electron chi connectivity index (χ2n) is 28.2. The number of aromatic nitrogens is 1. The average molecular weight is 1200 g/mol. The molecule has 5 heterocycles. The van der Waals surface area contributed by atoms with Crippen molar-refractivity contribution < 1.29 is 8.83 Å². The molecule has 16 rings (SSSR count). The number of aryl methyl sites for hydroxylation is 7. The van der Waals surface area contributed by atoms with Gasteiger partial charge in [-0.25, -0.2) is 0 Å². The number of rotatable bonds is 8. The van der Waals surface area contributed by atoms with E-state index in [1.807, 2.05) is 12.1 Å². The van der Waals surface area contributed by atoms with Crippen molar-refractivity contribution in [3.63, 3.8) is 0 Å². The highest BCUT2D eigenvalue weighted by atomic mass is 16.3. The molecule has 2 aliphatic heterocycles. The molecule has 92 heavy (non-hydrogen) atoms. The highest BCUT2D eigenvalue weighted by molar-refractivity contribution is 7.00. The molecule has 450 valence electrons. The Morgan fingerprint density at radius 2 is 0.848 bits per heavy atom. The Morgan fingerprint density at radius 1 is 0.370 bits per heavy atom. The van der Waals surface area contributed by atoms with Crippen LogP contribution in [0.4, 0.5) is 51.2 Å². The lowest BCUT2D eigenvalue weighted by molar-refractivity contribution is 0.589. The van der Waals surface area contributed by atoms with E-state index in [1.165, 1.54) is 77.6 Å². The molecular formula is C85H75BN4O2. The van der Waals surface area contributed by atoms with Gasteiger partial charge >= 0.3 is 0 Å². The quantitative estimate of drug-likeness (QED) is 0.142. The van der Waals surface area contributed by atoms with Crippen molar-refractivity contribution in [3.05, 3.63) is 268 Å². The molecule has 0 radical (unpaired) electrons. The van der Waals surface area contributed by atoms with E-state index in [0.29, 0.717) is 0 Å². The van der Waals surface area contributed by atoms with Crippen molar-refractivity contribution >= 4 is 118 Å². The maximum atomic E-state index is 6.68. The minimum Gasteiger partial charge on any atom is -0.456 e. The molecule has 0 unspecified atom stereocenters. The zero-order chi connectivity index (χ0) is 63.4. The van der Waals surface area contributed by atoms with Crippen molar-refractivity contribution in [3.8, 4) is 28.3 Å². The number of para-hydroxylation sites is 4. The van der Waals surface area contributed by atoms with Gasteiger partial charge in [-0.05, 0) is 235 Å². The van der Waals surface area contributed by atoms with Crippen molar-refractivity contribution in [1.29, 1.82) is 0 Å². The van der Waals surface area contributed by atoms with Gasteiger partial charge in [-0.2, -0.15) is 0 Å². The Morgan fingerprint density at radius 3 is 1.40 bits per heavy atom. The lowest BCUT2D eigenvalue weighted by atomic mass is 9.33. The second kappa shape index (κ2) is 20.9. The van der Waals surface area contributed by atoms with Crippen LogP contribution in [-0.2, 0) is 10.8 Å². The van der Waals surface area contributed by atoms with Crippen LogP contribution in [-0.4, -0.2) is 11.3 Å². The lowest BCUT2D eigenvalue weighted by Gasteiger charge is -2.45. The third-order valence-corrected chi connectivity index (χ3v) is 19.7. The van der Waals surface area contributed by atoms with Gasteiger partial charge in [0.25, 0.3) is 6.71 Å². The highest BCUT2D eigenvalue weighted by Crippen LogP contribution is 2.51. The molecule has 0 atom stereocenters. The summed E-state index contributed by atoms with van der Waals surface area (Å²) in [4.78, 5) is 7.72. The fourth-order valence-electron chi connectivity index (χ4n) is 15.5. The molecule has 0 N–H and O–H groups in total. The van der Waals surface area contributed by atoms with E-state index in [4.69, 9.17) is 8.83 Å². The molecule has 0 saturated carbocycles. The zero-order valence-electron chi connectivity index (χ0n) is 55.0. The molecule has 6 nitrogen and oxygen atoms in total. The molecule has 0 bridgehead atoms. The molecule has 3 aromatic heterocycles. The van der Waals surface area contributed by atoms with Crippen molar-refractivity contribution in [2.75, 3.05) is 14.7 Å². The molecule has 2 aliphatic rings. The van der Waals surface area contributed by atoms with Gasteiger partial charge in [0.15, 0.2) is 0 Å². The first-order valence-electron chi connectivity index (χ1n) is 32.5. The maximum Gasteiger partial charge on any atom is 0.252 e. The van der Waals surface area contributed by atoms with Crippen LogP contribution in [0, 0.1) is 48.5 Å². The van der Waals surface area contributed by atoms with Gasteiger partial charge in [-0.15, -0.1) is 0 Å². The molecule has 0 fully saturated rings. The first-order chi connectivity index (χ1) is 44.2. The molecule has 14 aromatic rings. The van der Waals surface area contributed by atoms with E-state index < -0.39 is 0 Å². The fraction of sp³-hybridized carbons (Fsp3) is 0.176. The smallest absolute Gasteiger partial charge is 0.252 e. The molecule has 7 heteroatoms. The van der Waals surface area contributed by atoms with Gasteiger partial charge < -0.3 is 28.1 Å². The van der Waals surface area contributed by atoms with E-state index in [0.717, 1.165) is 112 Å². The van der Waals surface area contributed by atoms with E-state index >= 15 is 0 Å². The number of anilines is 9. The summed E-state index contributed by atoms with van der Waals surface area (Å²) in [7, 11) is 0. The Bertz CT molecular complexity index is 5240. The van der Waals surface area contributed by atoms with Crippen LogP contribution < -0.4 is 31.1 Å². The number of fused-ring (bicyclic) bond motifs is 9. The standard InChI is InChI=1S/C85H75BN4O2/c1-50-37-74-82-75(38-50)90(65-43-53(4)81(54(5)44-65)79-46-58-24-18-22-30-77(58)92-79)73-49-63(87(83-55(6)39-60(40-56(83)7)85(11,12)13)62-32-34-67-66-27-19-20-28-70(66)88(71(67)48-62)61-25-15-14-16-26-61)33-36-69(73)86(82)68-35-31-59(84(8,9)10)47-72(68)89(74)64-41-51(2)80(52(3)42-64)78-45-57-23-17-21-29-76(57)91-78/h14-49H,1-13H3. The Balaban J connectivity index is 0.962. The lowest BCUT2D eigenvalue weighted by Crippen LogP contribution is -2.61. The Kier molecular flexibility index (Phi) is 12.9. The van der Waals surface area contributed by atoms with E-state index in [2.05, 4.69) is 316 Å². The average Bonchev–Trinajstić information content (AvgIpc) is 0.900. The summed E-state index contributed by atoms with van der Waals surface area (Å²) >= 11 is 0. The topological polar surface area (TPSA) is 40.9 Å². The van der Waals surface area contributed by atoms with Crippen LogP contribution in [0.2, 0.25) is 0 Å². The van der Waals surface area contributed by atoms with E-state index in [1.54, 1.807) is 0 Å². The molecule has 11 aromatic carbocycles. The third-order valence-electron chi connectivity index (χ3n) is 19.7. The summed E-state index contributed by atoms with van der Waals surface area (Å²) in [6.07, 6.45) is 0. The second-order valence-corrected chi connectivity index (χ2v) is 28.2. The zero-order valence-corrected chi connectivity index (χ0v) is 55.0. The molecule has 0 amide bonds. The Labute approximate surface area is 540 Å². The normalized spacial score (nSPS) is 13.0. The van der Waals surface area contributed by atoms with E-state index in [9.17, 15) is 0 Å². The summed E-state index contributed by atoms with van der Waals surface area (Å²) in [5.74, 6) is 1.77. The summed E-state index contributed by atoms with van der Waals surface area (Å²) in [6.45, 7) is 29.7. The molecular weight excluding hydrogens is 1120 g/mol. The molecule has 0 saturated heterocycles. The number of hydrogen-bond acceptors (Lipinski definition) is 5. The van der Waals surface area contributed by atoms with Crippen molar-refractivity contribution in [2.45, 2.75) is 101 Å². The van der Waals surface area contributed by atoms with Crippen LogP contribution in [0.1, 0.15) is 91.6 Å². The van der Waals surface area contributed by atoms with Gasteiger partial charge in [0.1, 0.15) is 22.7 Å². The SMILES string of the molecule is Cc1cc2c3c(c1)N(c1cc(C)c(-c4cc5ccccc5o4)c(C)c1)c1cc(C(C)(C)C)ccc1B3c1ccc(N(c3ccc4c5ccccc5n(-c5ccccc5)c4c3)c3c(C)cc(C(C)(C)C)cc3C)cc1N2c1cc(C)c(-c2cc3ccccc3o2)c(C)c1. The van der Waals surface area contributed by atoms with Gasteiger partial charge in [0.2, 0.25) is 0 Å². The number of furan rings is 2. The summed E-state index contributed by atoms with van der Waals surface area (Å²) in [6, 6.07) is 81.8. The van der Waals surface area contributed by atoms with Crippen LogP contribution in [0.25, 0.3) is 72.1 Å². The fourth-order valence-corrected chi connectivity index (χ4v) is 15.5. The number of benzene rings is 11. The minimum absolute atomic E-state index is 0.0442.